The number of hydrogen-bond acceptors (Lipinski definition) is 4. The molecule has 0 aliphatic heterocycles. The number of anilines is 2. The summed E-state index contributed by atoms with van der Waals surface area (Å²) < 4.78 is 0. The lowest BCUT2D eigenvalue weighted by Gasteiger charge is -2.08. The van der Waals surface area contributed by atoms with E-state index in [4.69, 9.17) is 11.5 Å². The van der Waals surface area contributed by atoms with Gasteiger partial charge in [-0.2, -0.15) is 5.10 Å². The molecule has 0 spiro atoms. The molecule has 0 saturated carbocycles. The summed E-state index contributed by atoms with van der Waals surface area (Å²) in [5, 5.41) is 10.3. The van der Waals surface area contributed by atoms with E-state index in [1.165, 1.54) is 0 Å². The van der Waals surface area contributed by atoms with Gasteiger partial charge in [0.05, 0.1) is 5.39 Å². The average molecular weight is 344 g/mol. The second-order valence-electron chi connectivity index (χ2n) is 5.84. The normalized spacial score (nSPS) is 10.8. The largest absolute Gasteiger partial charge is 0.383 e. The minimum absolute atomic E-state index is 0.496. The lowest BCUT2D eigenvalue weighted by atomic mass is 9.98. The molecule has 0 aliphatic rings. The van der Waals surface area contributed by atoms with E-state index in [1.807, 2.05) is 48.5 Å². The molecule has 0 atom stereocenters. The Bertz CT molecular complexity index is 1100. The number of nitrogens with zero attached hydrogens (tertiary/aromatic N) is 2. The van der Waals surface area contributed by atoms with Gasteiger partial charge in [0.15, 0.2) is 5.65 Å². The summed E-state index contributed by atoms with van der Waals surface area (Å²) in [7, 11) is 0. The van der Waals surface area contributed by atoms with Crippen LogP contribution in [0, 0.1) is 0 Å². The van der Waals surface area contributed by atoms with Gasteiger partial charge in [-0.3, -0.25) is 5.10 Å². The lowest BCUT2D eigenvalue weighted by molar-refractivity contribution is 0.259. The van der Waals surface area contributed by atoms with Crippen LogP contribution in [-0.4, -0.2) is 21.2 Å². The number of benzene rings is 2. The molecule has 7 nitrogen and oxygen atoms in total. The standard InChI is InChI=1S/C19H16N6O/c20-17-16-15(8-9-22-18(16)25-24-17)13-3-1-2-12(10-13)11-4-6-14(7-5-11)23-19(21)26/h1-10H,(H3,21,23,26)(H3,20,22,24,25). The first kappa shape index (κ1) is 15.6. The fourth-order valence-corrected chi connectivity index (χ4v) is 2.97. The summed E-state index contributed by atoms with van der Waals surface area (Å²) in [6, 6.07) is 16.9. The molecular weight excluding hydrogens is 328 g/mol. The van der Waals surface area contributed by atoms with Crippen LogP contribution < -0.4 is 16.8 Å². The van der Waals surface area contributed by atoms with Gasteiger partial charge in [-0.05, 0) is 46.5 Å². The van der Waals surface area contributed by atoms with Crippen molar-refractivity contribution < 1.29 is 4.79 Å². The van der Waals surface area contributed by atoms with Crippen molar-refractivity contribution in [3.63, 3.8) is 0 Å². The summed E-state index contributed by atoms with van der Waals surface area (Å²) in [6.07, 6.45) is 1.72. The number of nitrogen functional groups attached to an aromatic ring is 1. The number of aromatic nitrogens is 3. The Hall–Kier alpha value is -3.87. The first-order chi connectivity index (χ1) is 12.6. The highest BCUT2D eigenvalue weighted by molar-refractivity contribution is 6.00. The van der Waals surface area contributed by atoms with Crippen LogP contribution in [0.25, 0.3) is 33.3 Å². The minimum Gasteiger partial charge on any atom is -0.383 e. The molecule has 4 rings (SSSR count). The fraction of sp³-hybridized carbons (Fsp3) is 0. The molecule has 4 aromatic rings. The molecule has 2 heterocycles. The maximum atomic E-state index is 10.9. The Kier molecular flexibility index (Phi) is 3.74. The van der Waals surface area contributed by atoms with Crippen molar-refractivity contribution in [2.75, 3.05) is 11.1 Å². The summed E-state index contributed by atoms with van der Waals surface area (Å²) in [5.74, 6) is 0.496. The molecule has 7 heteroatoms. The molecule has 128 valence electrons. The first-order valence-corrected chi connectivity index (χ1v) is 7.98. The van der Waals surface area contributed by atoms with E-state index in [9.17, 15) is 4.79 Å². The van der Waals surface area contributed by atoms with Gasteiger partial charge < -0.3 is 16.8 Å². The third-order valence-electron chi connectivity index (χ3n) is 4.14. The highest BCUT2D eigenvalue weighted by Gasteiger charge is 2.11. The molecule has 0 aliphatic carbocycles. The van der Waals surface area contributed by atoms with Gasteiger partial charge in [-0.15, -0.1) is 0 Å². The van der Waals surface area contributed by atoms with Crippen LogP contribution in [0.5, 0.6) is 0 Å². The smallest absolute Gasteiger partial charge is 0.316 e. The number of primary amides is 1. The number of carbonyl (C=O) groups is 1. The van der Waals surface area contributed by atoms with Crippen molar-refractivity contribution in [2.45, 2.75) is 0 Å². The number of nitrogens with one attached hydrogen (secondary N) is 2. The van der Waals surface area contributed by atoms with Crippen LogP contribution in [0.2, 0.25) is 0 Å². The average Bonchev–Trinajstić information content (AvgIpc) is 3.03. The molecule has 0 radical (unpaired) electrons. The zero-order valence-electron chi connectivity index (χ0n) is 13.7. The van der Waals surface area contributed by atoms with E-state index in [0.717, 1.165) is 27.6 Å². The zero-order chi connectivity index (χ0) is 18.1. The Labute approximate surface area is 149 Å². The van der Waals surface area contributed by atoms with Gasteiger partial charge in [0.25, 0.3) is 0 Å². The van der Waals surface area contributed by atoms with Crippen LogP contribution >= 0.6 is 0 Å². The third-order valence-corrected chi connectivity index (χ3v) is 4.14. The number of fused-ring (bicyclic) bond motifs is 1. The number of aromatic amines is 1. The van der Waals surface area contributed by atoms with Gasteiger partial charge in [-0.25, -0.2) is 9.78 Å². The third kappa shape index (κ3) is 2.82. The zero-order valence-corrected chi connectivity index (χ0v) is 13.7. The van der Waals surface area contributed by atoms with Gasteiger partial charge in [0, 0.05) is 11.9 Å². The van der Waals surface area contributed by atoms with E-state index in [2.05, 4.69) is 26.6 Å². The van der Waals surface area contributed by atoms with Crippen LogP contribution in [0.15, 0.2) is 60.8 Å². The number of hydrogen-bond donors (Lipinski definition) is 4. The van der Waals surface area contributed by atoms with Gasteiger partial charge in [0.2, 0.25) is 0 Å². The fourth-order valence-electron chi connectivity index (χ4n) is 2.97. The molecule has 6 N–H and O–H groups in total. The molecule has 0 unspecified atom stereocenters. The predicted molar refractivity (Wildman–Crippen MR) is 102 cm³/mol. The quantitative estimate of drug-likeness (QED) is 0.455. The maximum Gasteiger partial charge on any atom is 0.316 e. The molecule has 0 fully saturated rings. The number of H-pyrrole nitrogens is 1. The second kappa shape index (κ2) is 6.21. The molecular formula is C19H16N6O. The summed E-state index contributed by atoms with van der Waals surface area (Å²) in [5.41, 5.74) is 16.4. The predicted octanol–water partition coefficient (Wildman–Crippen LogP) is 3.36. The minimum atomic E-state index is -0.584. The SMILES string of the molecule is NC(=O)Nc1ccc(-c2cccc(-c3ccnc4n[nH]c(N)c34)c2)cc1. The van der Waals surface area contributed by atoms with Crippen LogP contribution in [-0.2, 0) is 0 Å². The molecule has 0 saturated heterocycles. The van der Waals surface area contributed by atoms with E-state index in [1.54, 1.807) is 6.20 Å². The topological polar surface area (TPSA) is 123 Å². The number of pyridine rings is 1. The van der Waals surface area contributed by atoms with Crippen molar-refractivity contribution in [1.82, 2.24) is 15.2 Å². The molecule has 2 aromatic heterocycles. The van der Waals surface area contributed by atoms with E-state index >= 15 is 0 Å². The van der Waals surface area contributed by atoms with E-state index in [-0.39, 0.29) is 0 Å². The van der Waals surface area contributed by atoms with Crippen molar-refractivity contribution in [2.24, 2.45) is 5.73 Å². The summed E-state index contributed by atoms with van der Waals surface area (Å²) in [6.45, 7) is 0. The van der Waals surface area contributed by atoms with Gasteiger partial charge in [0.1, 0.15) is 5.82 Å². The Balaban J connectivity index is 1.75. The number of amides is 2. The number of urea groups is 1. The number of rotatable bonds is 3. The Morgan fingerprint density at radius 2 is 1.77 bits per heavy atom. The second-order valence-corrected chi connectivity index (χ2v) is 5.84. The molecule has 26 heavy (non-hydrogen) atoms. The van der Waals surface area contributed by atoms with Gasteiger partial charge in [-0.1, -0.05) is 30.3 Å². The lowest BCUT2D eigenvalue weighted by Crippen LogP contribution is -2.19. The Morgan fingerprint density at radius 1 is 1.00 bits per heavy atom. The van der Waals surface area contributed by atoms with E-state index < -0.39 is 6.03 Å². The number of carbonyl (C=O) groups excluding carboxylic acids is 1. The van der Waals surface area contributed by atoms with Crippen LogP contribution in [0.4, 0.5) is 16.3 Å². The van der Waals surface area contributed by atoms with Crippen LogP contribution in [0.3, 0.4) is 0 Å². The van der Waals surface area contributed by atoms with Crippen molar-refractivity contribution in [3.8, 4) is 22.3 Å². The van der Waals surface area contributed by atoms with Crippen molar-refractivity contribution in [1.29, 1.82) is 0 Å². The molecule has 2 aromatic carbocycles. The summed E-state index contributed by atoms with van der Waals surface area (Å²) in [4.78, 5) is 15.2. The van der Waals surface area contributed by atoms with Crippen molar-refractivity contribution >= 4 is 28.6 Å². The van der Waals surface area contributed by atoms with Gasteiger partial charge >= 0.3 is 6.03 Å². The van der Waals surface area contributed by atoms with Crippen molar-refractivity contribution in [3.05, 3.63) is 60.8 Å². The van der Waals surface area contributed by atoms with Crippen LogP contribution in [0.1, 0.15) is 0 Å². The highest BCUT2D eigenvalue weighted by Crippen LogP contribution is 2.32. The summed E-state index contributed by atoms with van der Waals surface area (Å²) >= 11 is 0. The monoisotopic (exact) mass is 344 g/mol. The Morgan fingerprint density at radius 3 is 2.54 bits per heavy atom. The number of nitrogens with two attached hydrogens (primary N) is 2. The first-order valence-electron chi connectivity index (χ1n) is 7.98. The molecule has 0 bridgehead atoms. The maximum absolute atomic E-state index is 10.9. The highest BCUT2D eigenvalue weighted by atomic mass is 16.2. The molecule has 2 amide bonds. The van der Waals surface area contributed by atoms with E-state index in [0.29, 0.717) is 17.2 Å².